The van der Waals surface area contributed by atoms with Crippen LogP contribution in [0.2, 0.25) is 0 Å². The summed E-state index contributed by atoms with van der Waals surface area (Å²) in [5, 5.41) is 4.22. The van der Waals surface area contributed by atoms with E-state index in [1.807, 2.05) is 30.3 Å². The van der Waals surface area contributed by atoms with Crippen molar-refractivity contribution < 1.29 is 9.13 Å². The molecule has 2 rings (SSSR count). The van der Waals surface area contributed by atoms with Crippen molar-refractivity contribution in [3.8, 4) is 0 Å². The fourth-order valence-corrected chi connectivity index (χ4v) is 2.33. The first kappa shape index (κ1) is 18.1. The maximum atomic E-state index is 13.5. The summed E-state index contributed by atoms with van der Waals surface area (Å²) in [7, 11) is 0. The number of nitrogens with one attached hydrogen (secondary N) is 1. The first-order valence-electron chi connectivity index (χ1n) is 8.50. The maximum Gasteiger partial charge on any atom is 0.123 e. The van der Waals surface area contributed by atoms with E-state index in [1.54, 1.807) is 12.3 Å². The van der Waals surface area contributed by atoms with Crippen molar-refractivity contribution in [1.29, 1.82) is 0 Å². The van der Waals surface area contributed by atoms with Crippen molar-refractivity contribution in [3.63, 3.8) is 0 Å². The van der Waals surface area contributed by atoms with E-state index in [4.69, 9.17) is 4.74 Å². The van der Waals surface area contributed by atoms with Crippen LogP contribution in [0.4, 0.5) is 10.1 Å². The largest absolute Gasteiger partial charge is 0.377 e. The average Bonchev–Trinajstić information content (AvgIpc) is 2.60. The Kier molecular flexibility index (Phi) is 7.98. The standard InChI is InChI=1S/C20H25FN2O/c1-2-3-4-8-13-24-16-18-14-19(21)12-11-17(18)15-22-23-20-9-6-5-7-10-20/h5-7,9-12,14-15,23H,2-4,8,13,16H2,1H3. The van der Waals surface area contributed by atoms with Crippen LogP contribution in [-0.2, 0) is 11.3 Å². The molecular weight excluding hydrogens is 303 g/mol. The van der Waals surface area contributed by atoms with Gasteiger partial charge in [-0.15, -0.1) is 0 Å². The van der Waals surface area contributed by atoms with Gasteiger partial charge in [0.05, 0.1) is 18.5 Å². The van der Waals surface area contributed by atoms with Crippen LogP contribution in [0.25, 0.3) is 0 Å². The van der Waals surface area contributed by atoms with Gasteiger partial charge in [0.2, 0.25) is 0 Å². The zero-order valence-corrected chi connectivity index (χ0v) is 14.2. The Labute approximate surface area is 143 Å². The van der Waals surface area contributed by atoms with Gasteiger partial charge in [-0.3, -0.25) is 5.43 Å². The van der Waals surface area contributed by atoms with Gasteiger partial charge < -0.3 is 4.74 Å². The van der Waals surface area contributed by atoms with E-state index < -0.39 is 0 Å². The lowest BCUT2D eigenvalue weighted by Gasteiger charge is -2.08. The molecule has 2 aromatic carbocycles. The maximum absolute atomic E-state index is 13.5. The highest BCUT2D eigenvalue weighted by Gasteiger charge is 2.03. The third-order valence-electron chi connectivity index (χ3n) is 3.68. The van der Waals surface area contributed by atoms with Crippen molar-refractivity contribution in [2.45, 2.75) is 39.2 Å². The number of benzene rings is 2. The zero-order valence-electron chi connectivity index (χ0n) is 14.2. The molecule has 0 aromatic heterocycles. The number of para-hydroxylation sites is 1. The monoisotopic (exact) mass is 328 g/mol. The minimum Gasteiger partial charge on any atom is -0.377 e. The number of halogens is 1. The molecule has 0 amide bonds. The second kappa shape index (κ2) is 10.6. The summed E-state index contributed by atoms with van der Waals surface area (Å²) >= 11 is 0. The number of anilines is 1. The topological polar surface area (TPSA) is 33.6 Å². The van der Waals surface area contributed by atoms with Crippen LogP contribution in [0.15, 0.2) is 53.6 Å². The number of ether oxygens (including phenoxy) is 1. The molecule has 0 heterocycles. The van der Waals surface area contributed by atoms with E-state index in [-0.39, 0.29) is 5.82 Å². The minimum absolute atomic E-state index is 0.257. The normalized spacial score (nSPS) is 11.1. The molecule has 0 spiro atoms. The van der Waals surface area contributed by atoms with Gasteiger partial charge in [-0.25, -0.2) is 4.39 Å². The van der Waals surface area contributed by atoms with Crippen molar-refractivity contribution >= 4 is 11.9 Å². The Balaban J connectivity index is 1.89. The quantitative estimate of drug-likeness (QED) is 0.361. The van der Waals surface area contributed by atoms with Crippen molar-refractivity contribution in [2.24, 2.45) is 5.10 Å². The zero-order chi connectivity index (χ0) is 17.0. The summed E-state index contributed by atoms with van der Waals surface area (Å²) in [6, 6.07) is 14.4. The summed E-state index contributed by atoms with van der Waals surface area (Å²) < 4.78 is 19.2. The lowest BCUT2D eigenvalue weighted by Crippen LogP contribution is -2.01. The Morgan fingerprint density at radius 2 is 1.92 bits per heavy atom. The smallest absolute Gasteiger partial charge is 0.123 e. The molecule has 0 unspecified atom stereocenters. The number of unbranched alkanes of at least 4 members (excludes halogenated alkanes) is 3. The van der Waals surface area contributed by atoms with E-state index in [1.165, 1.54) is 31.4 Å². The Hall–Kier alpha value is -2.20. The van der Waals surface area contributed by atoms with Gasteiger partial charge >= 0.3 is 0 Å². The third kappa shape index (κ3) is 6.50. The van der Waals surface area contributed by atoms with Crippen molar-refractivity contribution in [2.75, 3.05) is 12.0 Å². The van der Waals surface area contributed by atoms with E-state index in [2.05, 4.69) is 17.5 Å². The average molecular weight is 328 g/mol. The number of hydrazone groups is 1. The number of nitrogens with zero attached hydrogens (tertiary/aromatic N) is 1. The van der Waals surface area contributed by atoms with Crippen LogP contribution in [0.5, 0.6) is 0 Å². The predicted octanol–water partition coefficient (Wildman–Crippen LogP) is 5.37. The molecule has 0 bridgehead atoms. The Bertz CT molecular complexity index is 629. The van der Waals surface area contributed by atoms with Gasteiger partial charge in [-0.2, -0.15) is 5.10 Å². The minimum atomic E-state index is -0.257. The van der Waals surface area contributed by atoms with E-state index in [0.29, 0.717) is 13.2 Å². The van der Waals surface area contributed by atoms with E-state index in [9.17, 15) is 4.39 Å². The molecule has 0 saturated heterocycles. The summed E-state index contributed by atoms with van der Waals surface area (Å²) in [5.74, 6) is -0.257. The Morgan fingerprint density at radius 1 is 1.08 bits per heavy atom. The molecule has 0 aliphatic heterocycles. The van der Waals surface area contributed by atoms with Crippen molar-refractivity contribution in [3.05, 3.63) is 65.5 Å². The molecule has 0 saturated carbocycles. The molecule has 3 nitrogen and oxygen atoms in total. The van der Waals surface area contributed by atoms with Gasteiger partial charge in [0.1, 0.15) is 5.82 Å². The second-order valence-corrected chi connectivity index (χ2v) is 5.69. The molecule has 0 fully saturated rings. The molecule has 0 aliphatic rings. The molecule has 0 radical (unpaired) electrons. The van der Waals surface area contributed by atoms with Gasteiger partial charge in [0.25, 0.3) is 0 Å². The summed E-state index contributed by atoms with van der Waals surface area (Å²) in [6.45, 7) is 3.29. The van der Waals surface area contributed by atoms with Gasteiger partial charge in [-0.1, -0.05) is 50.5 Å². The van der Waals surface area contributed by atoms with Crippen LogP contribution in [0.1, 0.15) is 43.7 Å². The number of hydrogen-bond donors (Lipinski definition) is 1. The number of rotatable bonds is 10. The second-order valence-electron chi connectivity index (χ2n) is 5.69. The van der Waals surface area contributed by atoms with Crippen LogP contribution >= 0.6 is 0 Å². The summed E-state index contributed by atoms with van der Waals surface area (Å²) in [5.41, 5.74) is 5.53. The number of hydrogen-bond acceptors (Lipinski definition) is 3. The fourth-order valence-electron chi connectivity index (χ4n) is 2.33. The third-order valence-corrected chi connectivity index (χ3v) is 3.68. The van der Waals surface area contributed by atoms with E-state index in [0.717, 1.165) is 23.2 Å². The molecule has 2 aromatic rings. The molecule has 4 heteroatoms. The first-order chi connectivity index (χ1) is 11.8. The van der Waals surface area contributed by atoms with Crippen LogP contribution in [0.3, 0.4) is 0 Å². The fraction of sp³-hybridized carbons (Fsp3) is 0.350. The molecule has 24 heavy (non-hydrogen) atoms. The molecule has 1 N–H and O–H groups in total. The lowest BCUT2D eigenvalue weighted by molar-refractivity contribution is 0.116. The highest BCUT2D eigenvalue weighted by molar-refractivity contribution is 5.82. The van der Waals surface area contributed by atoms with Crippen molar-refractivity contribution in [1.82, 2.24) is 0 Å². The molecule has 128 valence electrons. The predicted molar refractivity (Wildman–Crippen MR) is 97.9 cm³/mol. The van der Waals surface area contributed by atoms with Crippen LogP contribution < -0.4 is 5.43 Å². The van der Waals surface area contributed by atoms with Crippen LogP contribution in [0, 0.1) is 5.82 Å². The lowest BCUT2D eigenvalue weighted by atomic mass is 10.1. The van der Waals surface area contributed by atoms with E-state index >= 15 is 0 Å². The van der Waals surface area contributed by atoms with Crippen LogP contribution in [-0.4, -0.2) is 12.8 Å². The van der Waals surface area contributed by atoms with Gasteiger partial charge in [0, 0.05) is 12.2 Å². The highest BCUT2D eigenvalue weighted by atomic mass is 19.1. The van der Waals surface area contributed by atoms with Gasteiger partial charge in [-0.05, 0) is 36.2 Å². The Morgan fingerprint density at radius 3 is 2.71 bits per heavy atom. The summed E-state index contributed by atoms with van der Waals surface area (Å²) in [4.78, 5) is 0. The first-order valence-corrected chi connectivity index (χ1v) is 8.50. The molecule has 0 atom stereocenters. The summed E-state index contributed by atoms with van der Waals surface area (Å²) in [6.07, 6.45) is 6.35. The molecular formula is C20H25FN2O. The molecule has 0 aliphatic carbocycles. The highest BCUT2D eigenvalue weighted by Crippen LogP contribution is 2.12. The van der Waals surface area contributed by atoms with Gasteiger partial charge in [0.15, 0.2) is 0 Å². The SMILES string of the molecule is CCCCCCOCc1cc(F)ccc1C=NNc1ccccc1.